The molecule has 1 rings (SSSR count). The summed E-state index contributed by atoms with van der Waals surface area (Å²) in [6, 6.07) is 7.30. The number of para-hydroxylation sites is 1. The first kappa shape index (κ1) is 16.7. The molecule has 0 unspecified atom stereocenters. The minimum atomic E-state index is -0.931. The second kappa shape index (κ2) is 8.01. The average Bonchev–Trinajstić information content (AvgIpc) is 2.30. The van der Waals surface area contributed by atoms with Crippen LogP contribution < -0.4 is 5.32 Å². The molecule has 0 aliphatic heterocycles. The van der Waals surface area contributed by atoms with Crippen molar-refractivity contribution < 1.29 is 14.7 Å². The summed E-state index contributed by atoms with van der Waals surface area (Å²) < 4.78 is 0.794. The number of carbonyl (C=O) groups excluding carboxylic acids is 1. The van der Waals surface area contributed by atoms with E-state index in [1.165, 1.54) is 0 Å². The summed E-state index contributed by atoms with van der Waals surface area (Å²) in [5.74, 6) is -0.858. The van der Waals surface area contributed by atoms with Crippen molar-refractivity contribution in [3.63, 3.8) is 0 Å². The van der Waals surface area contributed by atoms with E-state index in [0.29, 0.717) is 18.2 Å². The minimum Gasteiger partial charge on any atom is -0.480 e. The van der Waals surface area contributed by atoms with E-state index in [9.17, 15) is 9.59 Å². The highest BCUT2D eigenvalue weighted by Crippen LogP contribution is 2.21. The third kappa shape index (κ3) is 6.16. The first-order valence-corrected chi connectivity index (χ1v) is 7.16. The number of halogens is 1. The van der Waals surface area contributed by atoms with Crippen molar-refractivity contribution >= 4 is 33.5 Å². The molecule has 110 valence electrons. The molecule has 1 aromatic carbocycles. The number of carbonyl (C=O) groups is 2. The molecule has 0 bridgehead atoms. The van der Waals surface area contributed by atoms with Crippen LogP contribution in [0.1, 0.15) is 13.8 Å². The molecule has 0 fully saturated rings. The van der Waals surface area contributed by atoms with Crippen LogP contribution in [-0.4, -0.2) is 41.5 Å². The SMILES string of the molecule is CC(C)CN(CC(=O)O)CC(=O)Nc1ccccc1Br. The molecule has 0 saturated heterocycles. The smallest absolute Gasteiger partial charge is 0.317 e. The number of carboxylic acid groups (broad SMARTS) is 1. The second-order valence-electron chi connectivity index (χ2n) is 4.99. The number of carboxylic acids is 1. The fraction of sp³-hybridized carbons (Fsp3) is 0.429. The predicted molar refractivity (Wildman–Crippen MR) is 81.7 cm³/mol. The fourth-order valence-corrected chi connectivity index (χ4v) is 2.23. The summed E-state index contributed by atoms with van der Waals surface area (Å²) in [6.45, 7) is 4.46. The van der Waals surface area contributed by atoms with Gasteiger partial charge in [-0.3, -0.25) is 14.5 Å². The van der Waals surface area contributed by atoms with Crippen molar-refractivity contribution in [2.24, 2.45) is 5.92 Å². The van der Waals surface area contributed by atoms with Crippen LogP contribution in [0.5, 0.6) is 0 Å². The van der Waals surface area contributed by atoms with Crippen molar-refractivity contribution in [3.05, 3.63) is 28.7 Å². The fourth-order valence-electron chi connectivity index (χ4n) is 1.85. The van der Waals surface area contributed by atoms with E-state index in [1.54, 1.807) is 11.0 Å². The molecule has 0 aliphatic rings. The van der Waals surface area contributed by atoms with Gasteiger partial charge in [0.2, 0.25) is 5.91 Å². The summed E-state index contributed by atoms with van der Waals surface area (Å²) in [5.41, 5.74) is 0.678. The van der Waals surface area contributed by atoms with Crippen LogP contribution in [-0.2, 0) is 9.59 Å². The van der Waals surface area contributed by atoms with Crippen molar-refractivity contribution in [3.8, 4) is 0 Å². The standard InChI is InChI=1S/C14H19BrN2O3/c1-10(2)7-17(9-14(19)20)8-13(18)16-12-6-4-3-5-11(12)15/h3-6,10H,7-9H2,1-2H3,(H,16,18)(H,19,20). The van der Waals surface area contributed by atoms with E-state index in [1.807, 2.05) is 32.0 Å². The van der Waals surface area contributed by atoms with E-state index in [4.69, 9.17) is 5.11 Å². The van der Waals surface area contributed by atoms with E-state index in [0.717, 1.165) is 4.47 Å². The van der Waals surface area contributed by atoms with Gasteiger partial charge in [0.1, 0.15) is 0 Å². The molecule has 5 nitrogen and oxygen atoms in total. The van der Waals surface area contributed by atoms with Gasteiger partial charge in [-0.05, 0) is 34.0 Å². The summed E-state index contributed by atoms with van der Waals surface area (Å²) >= 11 is 3.35. The molecule has 0 aliphatic carbocycles. The molecule has 1 amide bonds. The number of benzene rings is 1. The number of hydrogen-bond donors (Lipinski definition) is 2. The van der Waals surface area contributed by atoms with Crippen molar-refractivity contribution in [2.45, 2.75) is 13.8 Å². The lowest BCUT2D eigenvalue weighted by molar-refractivity contribution is -0.138. The van der Waals surface area contributed by atoms with Crippen molar-refractivity contribution in [1.82, 2.24) is 4.90 Å². The molecule has 0 radical (unpaired) electrons. The molecule has 1 aromatic rings. The van der Waals surface area contributed by atoms with Gasteiger partial charge in [-0.15, -0.1) is 0 Å². The maximum atomic E-state index is 12.0. The van der Waals surface area contributed by atoms with Crippen LogP contribution in [0.4, 0.5) is 5.69 Å². The van der Waals surface area contributed by atoms with Gasteiger partial charge in [-0.1, -0.05) is 26.0 Å². The minimum absolute atomic E-state index is 0.0613. The van der Waals surface area contributed by atoms with Gasteiger partial charge in [0.15, 0.2) is 0 Å². The summed E-state index contributed by atoms with van der Waals surface area (Å²) in [6.07, 6.45) is 0. The summed E-state index contributed by atoms with van der Waals surface area (Å²) in [4.78, 5) is 24.4. The van der Waals surface area contributed by atoms with Crippen molar-refractivity contribution in [2.75, 3.05) is 25.0 Å². The second-order valence-corrected chi connectivity index (χ2v) is 5.84. The van der Waals surface area contributed by atoms with E-state index in [2.05, 4.69) is 21.2 Å². The normalized spacial score (nSPS) is 10.8. The van der Waals surface area contributed by atoms with Crippen LogP contribution in [0, 0.1) is 5.92 Å². The van der Waals surface area contributed by atoms with Crippen molar-refractivity contribution in [1.29, 1.82) is 0 Å². The average molecular weight is 343 g/mol. The van der Waals surface area contributed by atoms with Crippen LogP contribution in [0.2, 0.25) is 0 Å². The number of anilines is 1. The highest BCUT2D eigenvalue weighted by atomic mass is 79.9. The Labute approximate surface area is 127 Å². The molecule has 6 heteroatoms. The Bertz CT molecular complexity index is 477. The first-order chi connectivity index (χ1) is 9.38. The van der Waals surface area contributed by atoms with Crippen LogP contribution in [0.25, 0.3) is 0 Å². The Morgan fingerprint density at radius 2 is 1.95 bits per heavy atom. The lowest BCUT2D eigenvalue weighted by atomic mass is 10.2. The van der Waals surface area contributed by atoms with Gasteiger partial charge in [-0.25, -0.2) is 0 Å². The van der Waals surface area contributed by atoms with Gasteiger partial charge in [0.25, 0.3) is 0 Å². The highest BCUT2D eigenvalue weighted by molar-refractivity contribution is 9.10. The predicted octanol–water partition coefficient (Wildman–Crippen LogP) is 2.43. The van der Waals surface area contributed by atoms with E-state index < -0.39 is 5.97 Å². The molecule has 0 heterocycles. The molecule has 0 aromatic heterocycles. The zero-order chi connectivity index (χ0) is 15.1. The third-order valence-corrected chi connectivity index (χ3v) is 3.19. The number of nitrogens with one attached hydrogen (secondary N) is 1. The Morgan fingerprint density at radius 1 is 1.30 bits per heavy atom. The van der Waals surface area contributed by atoms with E-state index in [-0.39, 0.29) is 19.0 Å². The lowest BCUT2D eigenvalue weighted by Gasteiger charge is -2.21. The zero-order valence-corrected chi connectivity index (χ0v) is 13.2. The quantitative estimate of drug-likeness (QED) is 0.798. The van der Waals surface area contributed by atoms with Gasteiger partial charge in [0, 0.05) is 11.0 Å². The molecular weight excluding hydrogens is 324 g/mol. The van der Waals surface area contributed by atoms with E-state index >= 15 is 0 Å². The number of nitrogens with zero attached hydrogens (tertiary/aromatic N) is 1. The first-order valence-electron chi connectivity index (χ1n) is 6.37. The summed E-state index contributed by atoms with van der Waals surface area (Å²) in [7, 11) is 0. The van der Waals surface area contributed by atoms with Gasteiger partial charge >= 0.3 is 5.97 Å². The molecule has 20 heavy (non-hydrogen) atoms. The highest BCUT2D eigenvalue weighted by Gasteiger charge is 2.15. The summed E-state index contributed by atoms with van der Waals surface area (Å²) in [5, 5.41) is 11.6. The van der Waals surface area contributed by atoms with Gasteiger partial charge < -0.3 is 10.4 Å². The Morgan fingerprint density at radius 3 is 2.50 bits per heavy atom. The van der Waals surface area contributed by atoms with Crippen LogP contribution in [0.3, 0.4) is 0 Å². The maximum Gasteiger partial charge on any atom is 0.317 e. The van der Waals surface area contributed by atoms with Gasteiger partial charge in [-0.2, -0.15) is 0 Å². The maximum absolute atomic E-state index is 12.0. The van der Waals surface area contributed by atoms with Gasteiger partial charge in [0.05, 0.1) is 18.8 Å². The number of hydrogen-bond acceptors (Lipinski definition) is 3. The Hall–Kier alpha value is -1.40. The largest absolute Gasteiger partial charge is 0.480 e. The van der Waals surface area contributed by atoms with Crippen LogP contribution in [0.15, 0.2) is 28.7 Å². The number of amides is 1. The zero-order valence-electron chi connectivity index (χ0n) is 11.6. The Balaban J connectivity index is 2.61. The lowest BCUT2D eigenvalue weighted by Crippen LogP contribution is -2.39. The number of rotatable bonds is 7. The topological polar surface area (TPSA) is 69.6 Å². The van der Waals surface area contributed by atoms with Crippen LogP contribution >= 0.6 is 15.9 Å². The molecule has 2 N–H and O–H groups in total. The molecule has 0 spiro atoms. The molecular formula is C14H19BrN2O3. The Kier molecular flexibility index (Phi) is 6.67. The molecule has 0 atom stereocenters. The monoisotopic (exact) mass is 342 g/mol. The third-order valence-electron chi connectivity index (χ3n) is 2.50. The number of aliphatic carboxylic acids is 1. The molecule has 0 saturated carbocycles.